The monoisotopic (exact) mass is 224 g/mol. The average Bonchev–Trinajstić information content (AvgIpc) is 2.25. The van der Waals surface area contributed by atoms with E-state index in [1.165, 1.54) is 19.3 Å². The smallest absolute Gasteiger partial charge is 0.225 e. The average molecular weight is 224 g/mol. The Kier molecular flexibility index (Phi) is 3.85. The van der Waals surface area contributed by atoms with Gasteiger partial charge in [-0.05, 0) is 31.6 Å². The van der Waals surface area contributed by atoms with Gasteiger partial charge in [0.15, 0.2) is 0 Å². The highest BCUT2D eigenvalue weighted by Crippen LogP contribution is 2.32. The highest BCUT2D eigenvalue weighted by molar-refractivity contribution is 5.80. The lowest BCUT2D eigenvalue weighted by Crippen LogP contribution is -2.52. The van der Waals surface area contributed by atoms with Crippen LogP contribution < -0.4 is 5.73 Å². The number of likely N-dealkylation sites (tertiary alicyclic amines) is 1. The molecule has 0 radical (unpaired) electrons. The van der Waals surface area contributed by atoms with Crippen molar-refractivity contribution < 1.29 is 4.79 Å². The Hall–Kier alpha value is -0.570. The lowest BCUT2D eigenvalue weighted by atomic mass is 9.82. The number of piperidine rings is 1. The zero-order valence-corrected chi connectivity index (χ0v) is 10.3. The van der Waals surface area contributed by atoms with Gasteiger partial charge in [0.1, 0.15) is 0 Å². The molecule has 2 N–H and O–H groups in total. The van der Waals surface area contributed by atoms with Gasteiger partial charge in [-0.25, -0.2) is 0 Å². The molecular weight excluding hydrogens is 200 g/mol. The zero-order valence-electron chi connectivity index (χ0n) is 10.3. The van der Waals surface area contributed by atoms with Gasteiger partial charge in [-0.1, -0.05) is 19.8 Å². The van der Waals surface area contributed by atoms with E-state index in [0.717, 1.165) is 31.7 Å². The molecule has 3 heteroatoms. The topological polar surface area (TPSA) is 46.3 Å². The van der Waals surface area contributed by atoms with E-state index in [0.29, 0.717) is 24.4 Å². The Morgan fingerprint density at radius 3 is 2.62 bits per heavy atom. The van der Waals surface area contributed by atoms with Crippen LogP contribution in [-0.2, 0) is 4.79 Å². The van der Waals surface area contributed by atoms with E-state index in [2.05, 4.69) is 11.8 Å². The number of rotatable bonds is 3. The second-order valence-corrected chi connectivity index (χ2v) is 5.35. The second kappa shape index (κ2) is 5.17. The Morgan fingerprint density at radius 1 is 1.38 bits per heavy atom. The van der Waals surface area contributed by atoms with E-state index in [4.69, 9.17) is 5.73 Å². The summed E-state index contributed by atoms with van der Waals surface area (Å²) in [6.07, 6.45) is 6.95. The molecule has 2 fully saturated rings. The normalized spacial score (nSPS) is 31.2. The third-order valence-corrected chi connectivity index (χ3v) is 4.41. The molecule has 1 aliphatic carbocycles. The van der Waals surface area contributed by atoms with Crippen LogP contribution >= 0.6 is 0 Å². The molecule has 92 valence electrons. The number of amides is 1. The number of carbonyl (C=O) groups excluding carboxylic acids is 1. The Labute approximate surface area is 98.4 Å². The fraction of sp³-hybridized carbons (Fsp3) is 0.923. The van der Waals surface area contributed by atoms with E-state index >= 15 is 0 Å². The van der Waals surface area contributed by atoms with Crippen molar-refractivity contribution >= 4 is 5.91 Å². The summed E-state index contributed by atoms with van der Waals surface area (Å²) < 4.78 is 0. The van der Waals surface area contributed by atoms with Crippen molar-refractivity contribution in [1.29, 1.82) is 0 Å². The molecule has 0 aromatic rings. The largest absolute Gasteiger partial charge is 0.338 e. The van der Waals surface area contributed by atoms with Gasteiger partial charge >= 0.3 is 0 Å². The van der Waals surface area contributed by atoms with E-state index < -0.39 is 0 Å². The molecule has 2 unspecified atom stereocenters. The van der Waals surface area contributed by atoms with Gasteiger partial charge in [-0.2, -0.15) is 0 Å². The molecule has 0 spiro atoms. The molecule has 1 aliphatic heterocycles. The summed E-state index contributed by atoms with van der Waals surface area (Å²) in [5.74, 6) is 1.49. The van der Waals surface area contributed by atoms with Gasteiger partial charge < -0.3 is 10.6 Å². The van der Waals surface area contributed by atoms with Crippen molar-refractivity contribution in [2.24, 2.45) is 17.6 Å². The van der Waals surface area contributed by atoms with Crippen LogP contribution in [0.25, 0.3) is 0 Å². The molecule has 1 amide bonds. The highest BCUT2D eigenvalue weighted by Gasteiger charge is 2.35. The van der Waals surface area contributed by atoms with Crippen LogP contribution in [0.5, 0.6) is 0 Å². The Bertz CT molecular complexity index is 250. The standard InChI is InChI=1S/C13H24N2O/c1-2-10-6-7-15(12(8-10)9-14)13(16)11-4-3-5-11/h10-12H,2-9,14H2,1H3. The third-order valence-electron chi connectivity index (χ3n) is 4.41. The minimum absolute atomic E-state index is 0.312. The van der Waals surface area contributed by atoms with Gasteiger partial charge in [0.05, 0.1) is 0 Å². The number of hydrogen-bond donors (Lipinski definition) is 1. The molecular formula is C13H24N2O. The van der Waals surface area contributed by atoms with Gasteiger partial charge in [0.2, 0.25) is 5.91 Å². The van der Waals surface area contributed by atoms with Gasteiger partial charge in [-0.3, -0.25) is 4.79 Å². The fourth-order valence-electron chi connectivity index (χ4n) is 2.91. The van der Waals surface area contributed by atoms with E-state index in [1.807, 2.05) is 0 Å². The summed E-state index contributed by atoms with van der Waals surface area (Å²) in [5, 5.41) is 0. The lowest BCUT2D eigenvalue weighted by Gasteiger charge is -2.42. The van der Waals surface area contributed by atoms with Crippen LogP contribution in [0.4, 0.5) is 0 Å². The van der Waals surface area contributed by atoms with Crippen LogP contribution in [0.3, 0.4) is 0 Å². The molecule has 1 heterocycles. The van der Waals surface area contributed by atoms with Crippen molar-refractivity contribution in [2.45, 2.75) is 51.5 Å². The van der Waals surface area contributed by atoms with Crippen LogP contribution in [0, 0.1) is 11.8 Å². The summed E-state index contributed by atoms with van der Waals surface area (Å²) in [6.45, 7) is 3.81. The molecule has 16 heavy (non-hydrogen) atoms. The summed E-state index contributed by atoms with van der Waals surface area (Å²) in [6, 6.07) is 0.312. The minimum Gasteiger partial charge on any atom is -0.338 e. The third kappa shape index (κ3) is 2.24. The van der Waals surface area contributed by atoms with Crippen molar-refractivity contribution in [1.82, 2.24) is 4.90 Å². The first kappa shape index (κ1) is 11.9. The van der Waals surface area contributed by atoms with Crippen molar-refractivity contribution in [2.75, 3.05) is 13.1 Å². The van der Waals surface area contributed by atoms with E-state index in [1.54, 1.807) is 0 Å². The van der Waals surface area contributed by atoms with Gasteiger partial charge in [0.25, 0.3) is 0 Å². The van der Waals surface area contributed by atoms with Crippen LogP contribution in [0.2, 0.25) is 0 Å². The van der Waals surface area contributed by atoms with Crippen LogP contribution in [0.15, 0.2) is 0 Å². The Balaban J connectivity index is 1.94. The maximum absolute atomic E-state index is 12.2. The molecule has 2 rings (SSSR count). The highest BCUT2D eigenvalue weighted by atomic mass is 16.2. The predicted octanol–water partition coefficient (Wildman–Crippen LogP) is 1.76. The molecule has 1 saturated carbocycles. The maximum Gasteiger partial charge on any atom is 0.225 e. The number of hydrogen-bond acceptors (Lipinski definition) is 2. The second-order valence-electron chi connectivity index (χ2n) is 5.35. The number of nitrogens with two attached hydrogens (primary N) is 1. The van der Waals surface area contributed by atoms with Crippen molar-refractivity contribution in [3.63, 3.8) is 0 Å². The first-order valence-corrected chi connectivity index (χ1v) is 6.76. The minimum atomic E-state index is 0.312. The molecule has 0 aromatic heterocycles. The summed E-state index contributed by atoms with van der Waals surface area (Å²) in [7, 11) is 0. The molecule has 3 nitrogen and oxygen atoms in total. The summed E-state index contributed by atoms with van der Waals surface area (Å²) >= 11 is 0. The van der Waals surface area contributed by atoms with E-state index in [9.17, 15) is 4.79 Å². The molecule has 2 aliphatic rings. The SMILES string of the molecule is CCC1CCN(C(=O)C2CCC2)C(CN)C1. The first-order chi connectivity index (χ1) is 7.76. The number of carbonyl (C=O) groups is 1. The number of nitrogens with zero attached hydrogens (tertiary/aromatic N) is 1. The van der Waals surface area contributed by atoms with Gasteiger partial charge in [-0.15, -0.1) is 0 Å². The Morgan fingerprint density at radius 2 is 2.12 bits per heavy atom. The zero-order chi connectivity index (χ0) is 11.5. The molecule has 0 bridgehead atoms. The van der Waals surface area contributed by atoms with Crippen molar-refractivity contribution in [3.8, 4) is 0 Å². The van der Waals surface area contributed by atoms with E-state index in [-0.39, 0.29) is 0 Å². The maximum atomic E-state index is 12.2. The molecule has 1 saturated heterocycles. The van der Waals surface area contributed by atoms with Gasteiger partial charge in [0, 0.05) is 25.0 Å². The molecule has 2 atom stereocenters. The van der Waals surface area contributed by atoms with Crippen LogP contribution in [-0.4, -0.2) is 29.9 Å². The molecule has 0 aromatic carbocycles. The quantitative estimate of drug-likeness (QED) is 0.794. The summed E-state index contributed by atoms with van der Waals surface area (Å²) in [4.78, 5) is 14.3. The first-order valence-electron chi connectivity index (χ1n) is 6.76. The van der Waals surface area contributed by atoms with Crippen molar-refractivity contribution in [3.05, 3.63) is 0 Å². The summed E-state index contributed by atoms with van der Waals surface area (Å²) in [5.41, 5.74) is 5.81. The fourth-order valence-corrected chi connectivity index (χ4v) is 2.91. The predicted molar refractivity (Wildman–Crippen MR) is 64.9 cm³/mol. The lowest BCUT2D eigenvalue weighted by molar-refractivity contribution is -0.142. The van der Waals surface area contributed by atoms with Crippen LogP contribution in [0.1, 0.15) is 45.4 Å².